The number of ether oxygens (including phenoxy) is 1. The van der Waals surface area contributed by atoms with E-state index in [1.807, 2.05) is 39.1 Å². The number of esters is 1. The summed E-state index contributed by atoms with van der Waals surface area (Å²) in [5.74, 6) is -0.337. The Balaban J connectivity index is 2.17. The van der Waals surface area contributed by atoms with Crippen molar-refractivity contribution in [2.45, 2.75) is 27.3 Å². The van der Waals surface area contributed by atoms with Gasteiger partial charge in [0.15, 0.2) is 0 Å². The van der Waals surface area contributed by atoms with Crippen LogP contribution in [0.2, 0.25) is 0 Å². The summed E-state index contributed by atoms with van der Waals surface area (Å²) in [6, 6.07) is 14.4. The minimum Gasteiger partial charge on any atom is -0.462 e. The first-order valence-corrected chi connectivity index (χ1v) is 8.83. The van der Waals surface area contributed by atoms with Crippen molar-refractivity contribution in [3.63, 3.8) is 0 Å². The van der Waals surface area contributed by atoms with E-state index in [0.717, 1.165) is 27.7 Å². The van der Waals surface area contributed by atoms with Gasteiger partial charge in [-0.05, 0) is 38.0 Å². The van der Waals surface area contributed by atoms with Gasteiger partial charge in [0.25, 0.3) is 0 Å². The molecular weight excluding hydrogens is 324 g/mol. The van der Waals surface area contributed by atoms with E-state index in [0.29, 0.717) is 18.7 Å². The smallest absolute Gasteiger partial charge is 0.341 e. The second-order valence-electron chi connectivity index (χ2n) is 6.56. The fourth-order valence-electron chi connectivity index (χ4n) is 3.35. The maximum absolute atomic E-state index is 12.5. The Labute approximate surface area is 154 Å². The molecule has 0 unspecified atom stereocenters. The van der Waals surface area contributed by atoms with Crippen molar-refractivity contribution in [1.29, 1.82) is 0 Å². The zero-order valence-electron chi connectivity index (χ0n) is 15.7. The first-order valence-electron chi connectivity index (χ1n) is 8.83. The van der Waals surface area contributed by atoms with Gasteiger partial charge in [-0.2, -0.15) is 0 Å². The summed E-state index contributed by atoms with van der Waals surface area (Å²) in [7, 11) is 2.00. The van der Waals surface area contributed by atoms with Gasteiger partial charge in [-0.15, -0.1) is 0 Å². The Morgan fingerprint density at radius 2 is 1.88 bits per heavy atom. The zero-order chi connectivity index (χ0) is 18.7. The van der Waals surface area contributed by atoms with E-state index < -0.39 is 0 Å². The molecule has 1 heterocycles. The maximum atomic E-state index is 12.5. The number of hydrogen-bond donors (Lipinski definition) is 0. The monoisotopic (exact) mass is 348 g/mol. The number of pyridine rings is 1. The normalized spacial score (nSPS) is 10.8. The third-order valence-corrected chi connectivity index (χ3v) is 4.42. The summed E-state index contributed by atoms with van der Waals surface area (Å²) in [6.45, 7) is 6.96. The number of nitrogens with zero attached hydrogens (tertiary/aromatic N) is 2. The van der Waals surface area contributed by atoms with Gasteiger partial charge in [0, 0.05) is 25.2 Å². The van der Waals surface area contributed by atoms with Crippen LogP contribution >= 0.6 is 0 Å². The number of hydrogen-bond acceptors (Lipinski definition) is 4. The topological polar surface area (TPSA) is 42.4 Å². The second kappa shape index (κ2) is 7.56. The van der Waals surface area contributed by atoms with Crippen LogP contribution in [0.15, 0.2) is 48.7 Å². The lowest BCUT2D eigenvalue weighted by Gasteiger charge is -2.24. The minimum absolute atomic E-state index is 0.337. The molecule has 2 aromatic carbocycles. The summed E-state index contributed by atoms with van der Waals surface area (Å²) in [5.41, 5.74) is 5.71. The predicted molar refractivity (Wildman–Crippen MR) is 106 cm³/mol. The molecule has 0 saturated carbocycles. The molecule has 0 amide bonds. The van der Waals surface area contributed by atoms with Gasteiger partial charge in [-0.25, -0.2) is 4.79 Å². The molecular formula is C22H24N2O2. The van der Waals surface area contributed by atoms with Crippen LogP contribution in [0.3, 0.4) is 0 Å². The third kappa shape index (κ3) is 3.54. The molecule has 26 heavy (non-hydrogen) atoms. The molecule has 3 aromatic rings. The van der Waals surface area contributed by atoms with E-state index in [1.54, 1.807) is 6.20 Å². The SMILES string of the molecule is CCOC(=O)c1cnc2c(C)cc(C)cc2c1N(C)Cc1ccccc1. The Hall–Kier alpha value is -2.88. The number of benzene rings is 2. The molecule has 0 aliphatic rings. The van der Waals surface area contributed by atoms with Gasteiger partial charge in [0.2, 0.25) is 0 Å². The Kier molecular flexibility index (Phi) is 5.21. The van der Waals surface area contributed by atoms with Crippen LogP contribution < -0.4 is 4.90 Å². The summed E-state index contributed by atoms with van der Waals surface area (Å²) >= 11 is 0. The first-order chi connectivity index (χ1) is 12.5. The Bertz CT molecular complexity index is 936. The number of rotatable bonds is 5. The molecule has 0 aliphatic heterocycles. The van der Waals surface area contributed by atoms with E-state index in [2.05, 4.69) is 41.1 Å². The molecule has 1 aromatic heterocycles. The molecule has 0 atom stereocenters. The number of carbonyl (C=O) groups excluding carboxylic acids is 1. The predicted octanol–water partition coefficient (Wildman–Crippen LogP) is 4.66. The van der Waals surface area contributed by atoms with Crippen molar-refractivity contribution in [2.24, 2.45) is 0 Å². The van der Waals surface area contributed by atoms with Gasteiger partial charge in [-0.3, -0.25) is 4.98 Å². The van der Waals surface area contributed by atoms with Crippen molar-refractivity contribution < 1.29 is 9.53 Å². The number of aromatic nitrogens is 1. The van der Waals surface area contributed by atoms with Crippen molar-refractivity contribution in [2.75, 3.05) is 18.6 Å². The van der Waals surface area contributed by atoms with Crippen molar-refractivity contribution in [3.05, 3.63) is 70.9 Å². The Morgan fingerprint density at radius 3 is 2.58 bits per heavy atom. The van der Waals surface area contributed by atoms with Crippen LogP contribution in [-0.2, 0) is 11.3 Å². The van der Waals surface area contributed by atoms with Crippen molar-refractivity contribution in [1.82, 2.24) is 4.98 Å². The third-order valence-electron chi connectivity index (χ3n) is 4.42. The van der Waals surface area contributed by atoms with Gasteiger partial charge in [0.1, 0.15) is 5.56 Å². The summed E-state index contributed by atoms with van der Waals surface area (Å²) in [6.07, 6.45) is 1.64. The second-order valence-corrected chi connectivity index (χ2v) is 6.56. The number of fused-ring (bicyclic) bond motifs is 1. The molecule has 134 valence electrons. The molecule has 4 heteroatoms. The molecule has 4 nitrogen and oxygen atoms in total. The van der Waals surface area contributed by atoms with Crippen LogP contribution in [-0.4, -0.2) is 24.6 Å². The van der Waals surface area contributed by atoms with Crippen LogP contribution in [0.25, 0.3) is 10.9 Å². The summed E-state index contributed by atoms with van der Waals surface area (Å²) < 4.78 is 5.27. The molecule has 0 aliphatic carbocycles. The van der Waals surface area contributed by atoms with E-state index in [4.69, 9.17) is 4.74 Å². The molecule has 0 fully saturated rings. The maximum Gasteiger partial charge on any atom is 0.341 e. The average Bonchev–Trinajstić information content (AvgIpc) is 2.61. The molecule has 0 bridgehead atoms. The molecule has 0 radical (unpaired) electrons. The van der Waals surface area contributed by atoms with Gasteiger partial charge >= 0.3 is 5.97 Å². The average molecular weight is 348 g/mol. The Morgan fingerprint density at radius 1 is 1.15 bits per heavy atom. The largest absolute Gasteiger partial charge is 0.462 e. The van der Waals surface area contributed by atoms with Crippen molar-refractivity contribution in [3.8, 4) is 0 Å². The highest BCUT2D eigenvalue weighted by atomic mass is 16.5. The number of carbonyl (C=O) groups is 1. The van der Waals surface area contributed by atoms with Gasteiger partial charge < -0.3 is 9.64 Å². The molecule has 0 spiro atoms. The van der Waals surface area contributed by atoms with Crippen LogP contribution in [0.1, 0.15) is 34.0 Å². The lowest BCUT2D eigenvalue weighted by molar-refractivity contribution is 0.0527. The van der Waals surface area contributed by atoms with Crippen LogP contribution in [0.5, 0.6) is 0 Å². The fraction of sp³-hybridized carbons (Fsp3) is 0.273. The highest BCUT2D eigenvalue weighted by molar-refractivity contribution is 6.06. The summed E-state index contributed by atoms with van der Waals surface area (Å²) in [4.78, 5) is 19.2. The lowest BCUT2D eigenvalue weighted by atomic mass is 10.0. The molecule has 3 rings (SSSR count). The first kappa shape index (κ1) is 17.9. The standard InChI is InChI=1S/C22H24N2O2/c1-5-26-22(25)19-13-23-20-16(3)11-15(2)12-18(20)21(19)24(4)14-17-9-7-6-8-10-17/h6-13H,5,14H2,1-4H3. The van der Waals surface area contributed by atoms with E-state index in [1.165, 1.54) is 5.56 Å². The number of anilines is 1. The van der Waals surface area contributed by atoms with E-state index in [-0.39, 0.29) is 5.97 Å². The lowest BCUT2D eigenvalue weighted by Crippen LogP contribution is -2.21. The highest BCUT2D eigenvalue weighted by Crippen LogP contribution is 2.32. The zero-order valence-corrected chi connectivity index (χ0v) is 15.7. The van der Waals surface area contributed by atoms with Gasteiger partial charge in [0.05, 0.1) is 17.8 Å². The van der Waals surface area contributed by atoms with Gasteiger partial charge in [-0.1, -0.05) is 42.0 Å². The van der Waals surface area contributed by atoms with E-state index >= 15 is 0 Å². The minimum atomic E-state index is -0.337. The van der Waals surface area contributed by atoms with Crippen LogP contribution in [0.4, 0.5) is 5.69 Å². The fourth-order valence-corrected chi connectivity index (χ4v) is 3.35. The van der Waals surface area contributed by atoms with Crippen LogP contribution in [0, 0.1) is 13.8 Å². The molecule has 0 N–H and O–H groups in total. The summed E-state index contributed by atoms with van der Waals surface area (Å²) in [5, 5.41) is 0.978. The quantitative estimate of drug-likeness (QED) is 0.629. The number of aryl methyl sites for hydroxylation is 2. The van der Waals surface area contributed by atoms with E-state index in [9.17, 15) is 4.79 Å². The molecule has 0 saturated heterocycles. The van der Waals surface area contributed by atoms with Crippen molar-refractivity contribution >= 4 is 22.6 Å². The highest BCUT2D eigenvalue weighted by Gasteiger charge is 2.20.